The molecule has 1 unspecified atom stereocenters. The average molecular weight is 384 g/mol. The summed E-state index contributed by atoms with van der Waals surface area (Å²) in [6.45, 7) is 14.4. The molecule has 1 atom stereocenters. The molecule has 2 N–H and O–H groups in total. The standard InChI is InChI=1S/C18H33N5O2S/c1-7-23(8-2)12-10-11-20-18(19-6)22-14(5)16-21-13(4)15(26-16)17(24)25-9-3/h14H,7-12H2,1-6H3,(H2,19,20,22). The number of esters is 1. The van der Waals surface area contributed by atoms with Crippen LogP contribution in [0.2, 0.25) is 0 Å². The van der Waals surface area contributed by atoms with Gasteiger partial charge in [0.15, 0.2) is 5.96 Å². The number of rotatable bonds is 10. The first-order valence-electron chi connectivity index (χ1n) is 9.30. The normalized spacial score (nSPS) is 13.0. The van der Waals surface area contributed by atoms with E-state index in [1.165, 1.54) is 11.3 Å². The molecule has 0 aliphatic rings. The molecule has 0 aromatic carbocycles. The van der Waals surface area contributed by atoms with Gasteiger partial charge in [0.2, 0.25) is 0 Å². The Bertz CT molecular complexity index is 584. The van der Waals surface area contributed by atoms with Gasteiger partial charge >= 0.3 is 5.97 Å². The van der Waals surface area contributed by atoms with E-state index in [9.17, 15) is 4.79 Å². The lowest BCUT2D eigenvalue weighted by atomic mass is 10.3. The third-order valence-electron chi connectivity index (χ3n) is 4.06. The lowest BCUT2D eigenvalue weighted by Crippen LogP contribution is -2.40. The van der Waals surface area contributed by atoms with Crippen molar-refractivity contribution in [2.75, 3.05) is 39.8 Å². The quantitative estimate of drug-likeness (QED) is 0.280. The Morgan fingerprint density at radius 2 is 2.04 bits per heavy atom. The fourth-order valence-corrected chi connectivity index (χ4v) is 3.46. The van der Waals surface area contributed by atoms with Gasteiger partial charge in [0.1, 0.15) is 9.88 Å². The van der Waals surface area contributed by atoms with E-state index in [1.54, 1.807) is 14.0 Å². The number of carbonyl (C=O) groups is 1. The number of nitrogens with zero attached hydrogens (tertiary/aromatic N) is 3. The summed E-state index contributed by atoms with van der Waals surface area (Å²) in [5.41, 5.74) is 0.708. The second-order valence-corrected chi connectivity index (χ2v) is 6.96. The van der Waals surface area contributed by atoms with Gasteiger partial charge < -0.3 is 20.3 Å². The monoisotopic (exact) mass is 383 g/mol. The summed E-state index contributed by atoms with van der Waals surface area (Å²) in [4.78, 5) is 23.7. The van der Waals surface area contributed by atoms with Gasteiger partial charge in [0.25, 0.3) is 0 Å². The summed E-state index contributed by atoms with van der Waals surface area (Å²) >= 11 is 1.37. The zero-order valence-electron chi connectivity index (χ0n) is 16.9. The molecule has 1 aromatic heterocycles. The lowest BCUT2D eigenvalue weighted by molar-refractivity contribution is 0.0531. The third-order valence-corrected chi connectivity index (χ3v) is 5.38. The molecular weight excluding hydrogens is 350 g/mol. The van der Waals surface area contributed by atoms with Gasteiger partial charge in [0.05, 0.1) is 18.3 Å². The molecule has 26 heavy (non-hydrogen) atoms. The molecule has 0 fully saturated rings. The number of guanidine groups is 1. The first-order chi connectivity index (χ1) is 12.5. The number of aliphatic imine (C=N–C) groups is 1. The molecule has 0 saturated heterocycles. The minimum absolute atomic E-state index is 0.0455. The van der Waals surface area contributed by atoms with Gasteiger partial charge in [-0.1, -0.05) is 13.8 Å². The van der Waals surface area contributed by atoms with Crippen molar-refractivity contribution in [1.82, 2.24) is 20.5 Å². The van der Waals surface area contributed by atoms with E-state index in [-0.39, 0.29) is 12.0 Å². The molecule has 7 nitrogen and oxygen atoms in total. The predicted octanol–water partition coefficient (Wildman–Crippen LogP) is 2.59. The molecule has 0 bridgehead atoms. The Morgan fingerprint density at radius 1 is 1.35 bits per heavy atom. The molecule has 0 aliphatic heterocycles. The number of thiazole rings is 1. The summed E-state index contributed by atoms with van der Waals surface area (Å²) in [5.74, 6) is 0.433. The molecule has 148 valence electrons. The summed E-state index contributed by atoms with van der Waals surface area (Å²) in [5, 5.41) is 7.51. The van der Waals surface area contributed by atoms with Crippen LogP contribution in [0, 0.1) is 6.92 Å². The number of hydrogen-bond donors (Lipinski definition) is 2. The number of hydrogen-bond acceptors (Lipinski definition) is 6. The van der Waals surface area contributed by atoms with Crippen LogP contribution in [0.3, 0.4) is 0 Å². The van der Waals surface area contributed by atoms with Crippen molar-refractivity contribution in [1.29, 1.82) is 0 Å². The molecule has 0 saturated carbocycles. The van der Waals surface area contributed by atoms with Gasteiger partial charge in [-0.25, -0.2) is 9.78 Å². The van der Waals surface area contributed by atoms with Crippen molar-refractivity contribution in [3.05, 3.63) is 15.6 Å². The average Bonchev–Trinajstić information content (AvgIpc) is 3.03. The maximum atomic E-state index is 11.9. The minimum Gasteiger partial charge on any atom is -0.462 e. The zero-order chi connectivity index (χ0) is 19.5. The highest BCUT2D eigenvalue weighted by Gasteiger charge is 2.20. The van der Waals surface area contributed by atoms with Crippen molar-refractivity contribution in [3.63, 3.8) is 0 Å². The van der Waals surface area contributed by atoms with E-state index in [2.05, 4.69) is 39.4 Å². The summed E-state index contributed by atoms with van der Waals surface area (Å²) < 4.78 is 5.08. The maximum absolute atomic E-state index is 11.9. The third kappa shape index (κ3) is 6.92. The van der Waals surface area contributed by atoms with E-state index in [0.29, 0.717) is 17.2 Å². The number of carbonyl (C=O) groups excluding carboxylic acids is 1. The molecule has 0 aliphatic carbocycles. The van der Waals surface area contributed by atoms with Crippen molar-refractivity contribution in [2.45, 2.75) is 47.1 Å². The van der Waals surface area contributed by atoms with Gasteiger partial charge in [-0.05, 0) is 46.8 Å². The molecular formula is C18H33N5O2S. The van der Waals surface area contributed by atoms with Gasteiger partial charge in [0, 0.05) is 13.6 Å². The van der Waals surface area contributed by atoms with Crippen LogP contribution in [-0.4, -0.2) is 61.6 Å². The molecule has 0 spiro atoms. The Balaban J connectivity index is 2.55. The first kappa shape index (κ1) is 22.4. The zero-order valence-corrected chi connectivity index (χ0v) is 17.7. The Hall–Kier alpha value is -1.67. The van der Waals surface area contributed by atoms with E-state index >= 15 is 0 Å². The second kappa shape index (κ2) is 11.9. The highest BCUT2D eigenvalue weighted by atomic mass is 32.1. The summed E-state index contributed by atoms with van der Waals surface area (Å²) in [6.07, 6.45) is 1.06. The Labute approximate surface area is 161 Å². The van der Waals surface area contributed by atoms with Gasteiger partial charge in [-0.3, -0.25) is 4.99 Å². The van der Waals surface area contributed by atoms with Gasteiger partial charge in [-0.2, -0.15) is 0 Å². The van der Waals surface area contributed by atoms with Crippen molar-refractivity contribution in [3.8, 4) is 0 Å². The number of aryl methyl sites for hydroxylation is 1. The largest absolute Gasteiger partial charge is 0.462 e. The van der Waals surface area contributed by atoms with Crippen LogP contribution in [0.15, 0.2) is 4.99 Å². The summed E-state index contributed by atoms with van der Waals surface area (Å²) in [7, 11) is 1.75. The van der Waals surface area contributed by atoms with Crippen LogP contribution in [0.5, 0.6) is 0 Å². The van der Waals surface area contributed by atoms with Gasteiger partial charge in [-0.15, -0.1) is 11.3 Å². The second-order valence-electron chi connectivity index (χ2n) is 5.93. The minimum atomic E-state index is -0.306. The number of nitrogens with one attached hydrogen (secondary N) is 2. The van der Waals surface area contributed by atoms with Crippen LogP contribution < -0.4 is 10.6 Å². The summed E-state index contributed by atoms with van der Waals surface area (Å²) in [6, 6.07) is -0.0455. The molecule has 1 heterocycles. The fourth-order valence-electron chi connectivity index (χ4n) is 2.50. The van der Waals surface area contributed by atoms with Crippen LogP contribution in [0.1, 0.15) is 60.5 Å². The smallest absolute Gasteiger partial charge is 0.350 e. The lowest BCUT2D eigenvalue weighted by Gasteiger charge is -2.19. The van der Waals surface area contributed by atoms with E-state index in [0.717, 1.165) is 43.6 Å². The van der Waals surface area contributed by atoms with Crippen molar-refractivity contribution < 1.29 is 9.53 Å². The Morgan fingerprint density at radius 3 is 2.62 bits per heavy atom. The van der Waals surface area contributed by atoms with Crippen LogP contribution in [0.4, 0.5) is 0 Å². The highest BCUT2D eigenvalue weighted by molar-refractivity contribution is 7.13. The van der Waals surface area contributed by atoms with Crippen LogP contribution in [-0.2, 0) is 4.74 Å². The van der Waals surface area contributed by atoms with Crippen molar-refractivity contribution >= 4 is 23.3 Å². The molecule has 8 heteroatoms. The molecule has 1 rings (SSSR count). The van der Waals surface area contributed by atoms with Crippen LogP contribution >= 0.6 is 11.3 Å². The molecule has 1 aromatic rings. The van der Waals surface area contributed by atoms with E-state index in [4.69, 9.17) is 4.74 Å². The molecule has 0 amide bonds. The topological polar surface area (TPSA) is 78.8 Å². The fraction of sp³-hybridized carbons (Fsp3) is 0.722. The van der Waals surface area contributed by atoms with Crippen molar-refractivity contribution in [2.24, 2.45) is 4.99 Å². The molecule has 0 radical (unpaired) electrons. The van der Waals surface area contributed by atoms with Crippen LogP contribution in [0.25, 0.3) is 0 Å². The SMILES string of the molecule is CCOC(=O)c1sc(C(C)NC(=NC)NCCCN(CC)CC)nc1C. The number of ether oxygens (including phenoxy) is 1. The van der Waals surface area contributed by atoms with E-state index < -0.39 is 0 Å². The number of aromatic nitrogens is 1. The predicted molar refractivity (Wildman–Crippen MR) is 108 cm³/mol. The van der Waals surface area contributed by atoms with E-state index in [1.807, 2.05) is 13.8 Å². The Kier molecular flexibility index (Phi) is 10.2. The first-order valence-corrected chi connectivity index (χ1v) is 10.1. The maximum Gasteiger partial charge on any atom is 0.350 e. The highest BCUT2D eigenvalue weighted by Crippen LogP contribution is 2.24.